The largest absolute Gasteiger partial charge is 0.377 e. The Morgan fingerprint density at radius 1 is 1.18 bits per heavy atom. The van der Waals surface area contributed by atoms with E-state index in [1.165, 1.54) is 11.1 Å². The summed E-state index contributed by atoms with van der Waals surface area (Å²) in [5.41, 5.74) is 2.74. The fourth-order valence-corrected chi connectivity index (χ4v) is 2.21. The zero-order valence-corrected chi connectivity index (χ0v) is 10.8. The Kier molecular flexibility index (Phi) is 3.49. The van der Waals surface area contributed by atoms with E-state index >= 15 is 0 Å². The quantitative estimate of drug-likeness (QED) is 0.754. The highest BCUT2D eigenvalue weighted by molar-refractivity contribution is 5.36. The number of rotatable bonds is 3. The van der Waals surface area contributed by atoms with Gasteiger partial charge < -0.3 is 4.74 Å². The number of methoxy groups -OCH3 is 1. The van der Waals surface area contributed by atoms with Gasteiger partial charge in [0.2, 0.25) is 0 Å². The van der Waals surface area contributed by atoms with Gasteiger partial charge in [-0.25, -0.2) is 0 Å². The van der Waals surface area contributed by atoms with Crippen molar-refractivity contribution >= 4 is 0 Å². The van der Waals surface area contributed by atoms with Gasteiger partial charge in [0.25, 0.3) is 0 Å². The predicted molar refractivity (Wildman–Crippen MR) is 72.1 cm³/mol. The summed E-state index contributed by atoms with van der Waals surface area (Å²) in [6.07, 6.45) is 9.99. The summed E-state index contributed by atoms with van der Waals surface area (Å²) in [6.45, 7) is 4.35. The zero-order chi connectivity index (χ0) is 12.3. The first-order chi connectivity index (χ1) is 8.15. The SMILES string of the molecule is COC(C)c1ccc(C2(C)C=CC=CC2)cc1. The lowest BCUT2D eigenvalue weighted by Gasteiger charge is -2.27. The van der Waals surface area contributed by atoms with Crippen molar-refractivity contribution in [3.63, 3.8) is 0 Å². The molecule has 0 bridgehead atoms. The van der Waals surface area contributed by atoms with E-state index in [1.54, 1.807) is 7.11 Å². The number of hydrogen-bond donors (Lipinski definition) is 0. The molecule has 1 heteroatoms. The van der Waals surface area contributed by atoms with E-state index in [2.05, 4.69) is 62.4 Å². The van der Waals surface area contributed by atoms with Crippen LogP contribution in [0.3, 0.4) is 0 Å². The summed E-state index contributed by atoms with van der Waals surface area (Å²) in [7, 11) is 1.74. The molecule has 2 rings (SSSR count). The van der Waals surface area contributed by atoms with Crippen LogP contribution in [-0.2, 0) is 10.2 Å². The third-order valence-corrected chi connectivity index (χ3v) is 3.65. The third kappa shape index (κ3) is 2.50. The molecular formula is C16H20O. The van der Waals surface area contributed by atoms with E-state index in [0.717, 1.165) is 6.42 Å². The maximum atomic E-state index is 5.32. The third-order valence-electron chi connectivity index (χ3n) is 3.65. The van der Waals surface area contributed by atoms with Crippen molar-refractivity contribution in [2.45, 2.75) is 31.8 Å². The number of allylic oxidation sites excluding steroid dienone is 4. The Morgan fingerprint density at radius 2 is 1.88 bits per heavy atom. The van der Waals surface area contributed by atoms with Crippen LogP contribution in [0, 0.1) is 0 Å². The molecule has 1 aromatic rings. The van der Waals surface area contributed by atoms with Crippen LogP contribution < -0.4 is 0 Å². The van der Waals surface area contributed by atoms with Crippen LogP contribution in [0.15, 0.2) is 48.6 Å². The van der Waals surface area contributed by atoms with Crippen molar-refractivity contribution in [2.75, 3.05) is 7.11 Å². The molecule has 0 amide bonds. The first kappa shape index (κ1) is 12.1. The van der Waals surface area contributed by atoms with Crippen LogP contribution >= 0.6 is 0 Å². The second-order valence-corrected chi connectivity index (χ2v) is 4.91. The van der Waals surface area contributed by atoms with Gasteiger partial charge >= 0.3 is 0 Å². The van der Waals surface area contributed by atoms with Crippen molar-refractivity contribution in [3.8, 4) is 0 Å². The standard InChI is InChI=1S/C16H20O/c1-13(17-3)14-7-9-15(10-8-14)16(2)11-5-4-6-12-16/h4-11,13H,12H2,1-3H3. The van der Waals surface area contributed by atoms with E-state index in [0.29, 0.717) is 0 Å². The molecule has 0 fully saturated rings. The lowest BCUT2D eigenvalue weighted by atomic mass is 9.77. The van der Waals surface area contributed by atoms with E-state index in [9.17, 15) is 0 Å². The molecule has 0 aromatic heterocycles. The van der Waals surface area contributed by atoms with Gasteiger partial charge in [-0.05, 0) is 24.5 Å². The van der Waals surface area contributed by atoms with Gasteiger partial charge in [-0.3, -0.25) is 0 Å². The molecule has 0 spiro atoms. The molecule has 1 aliphatic carbocycles. The summed E-state index contributed by atoms with van der Waals surface area (Å²) < 4.78 is 5.32. The van der Waals surface area contributed by atoms with Gasteiger partial charge in [-0.15, -0.1) is 0 Å². The van der Waals surface area contributed by atoms with E-state index in [-0.39, 0.29) is 11.5 Å². The Balaban J connectivity index is 2.23. The number of benzene rings is 1. The summed E-state index contributed by atoms with van der Waals surface area (Å²) in [6, 6.07) is 8.77. The maximum absolute atomic E-state index is 5.32. The average molecular weight is 228 g/mol. The number of hydrogen-bond acceptors (Lipinski definition) is 1. The maximum Gasteiger partial charge on any atom is 0.0793 e. The molecule has 17 heavy (non-hydrogen) atoms. The van der Waals surface area contributed by atoms with E-state index in [4.69, 9.17) is 4.74 Å². The fraction of sp³-hybridized carbons (Fsp3) is 0.375. The fourth-order valence-electron chi connectivity index (χ4n) is 2.21. The van der Waals surface area contributed by atoms with Gasteiger partial charge in [-0.1, -0.05) is 55.5 Å². The Morgan fingerprint density at radius 3 is 2.41 bits per heavy atom. The number of ether oxygens (including phenoxy) is 1. The van der Waals surface area contributed by atoms with Crippen molar-refractivity contribution in [2.24, 2.45) is 0 Å². The molecule has 2 atom stereocenters. The van der Waals surface area contributed by atoms with Crippen molar-refractivity contribution < 1.29 is 4.74 Å². The first-order valence-corrected chi connectivity index (χ1v) is 6.13. The molecule has 0 N–H and O–H groups in total. The molecule has 90 valence electrons. The summed E-state index contributed by atoms with van der Waals surface area (Å²) in [5, 5.41) is 0. The molecule has 0 saturated carbocycles. The minimum absolute atomic E-state index is 0.142. The Hall–Kier alpha value is -1.34. The van der Waals surface area contributed by atoms with E-state index < -0.39 is 0 Å². The molecule has 1 aromatic carbocycles. The monoisotopic (exact) mass is 228 g/mol. The van der Waals surface area contributed by atoms with Gasteiger partial charge in [0.15, 0.2) is 0 Å². The molecule has 1 nitrogen and oxygen atoms in total. The van der Waals surface area contributed by atoms with Crippen LogP contribution in [0.4, 0.5) is 0 Å². The zero-order valence-electron chi connectivity index (χ0n) is 10.8. The normalized spacial score (nSPS) is 24.9. The van der Waals surface area contributed by atoms with Crippen LogP contribution in [0.5, 0.6) is 0 Å². The Labute approximate surface area is 104 Å². The summed E-state index contributed by atoms with van der Waals surface area (Å²) in [4.78, 5) is 0. The molecule has 0 radical (unpaired) electrons. The highest BCUT2D eigenvalue weighted by atomic mass is 16.5. The highest BCUT2D eigenvalue weighted by Gasteiger charge is 2.23. The summed E-state index contributed by atoms with van der Waals surface area (Å²) in [5.74, 6) is 0. The molecule has 2 unspecified atom stereocenters. The van der Waals surface area contributed by atoms with Crippen LogP contribution in [0.2, 0.25) is 0 Å². The van der Waals surface area contributed by atoms with Gasteiger partial charge in [-0.2, -0.15) is 0 Å². The smallest absolute Gasteiger partial charge is 0.0793 e. The average Bonchev–Trinajstić information content (AvgIpc) is 2.39. The van der Waals surface area contributed by atoms with Crippen molar-refractivity contribution in [1.82, 2.24) is 0 Å². The molecule has 0 heterocycles. The van der Waals surface area contributed by atoms with E-state index in [1.807, 2.05) is 0 Å². The molecule has 1 aliphatic rings. The van der Waals surface area contributed by atoms with Gasteiger partial charge in [0.1, 0.15) is 0 Å². The van der Waals surface area contributed by atoms with Gasteiger partial charge in [0.05, 0.1) is 6.10 Å². The van der Waals surface area contributed by atoms with Crippen molar-refractivity contribution in [1.29, 1.82) is 0 Å². The molecule has 0 saturated heterocycles. The minimum atomic E-state index is 0.142. The van der Waals surface area contributed by atoms with Gasteiger partial charge in [0, 0.05) is 12.5 Å². The van der Waals surface area contributed by atoms with Crippen LogP contribution in [0.1, 0.15) is 37.5 Å². The van der Waals surface area contributed by atoms with Crippen molar-refractivity contribution in [3.05, 3.63) is 59.7 Å². The van der Waals surface area contributed by atoms with Crippen LogP contribution in [-0.4, -0.2) is 7.11 Å². The minimum Gasteiger partial charge on any atom is -0.377 e. The predicted octanol–water partition coefficient (Wildman–Crippen LogP) is 4.17. The molecular weight excluding hydrogens is 208 g/mol. The highest BCUT2D eigenvalue weighted by Crippen LogP contribution is 2.32. The lowest BCUT2D eigenvalue weighted by molar-refractivity contribution is 0.119. The first-order valence-electron chi connectivity index (χ1n) is 6.13. The van der Waals surface area contributed by atoms with Crippen LogP contribution in [0.25, 0.3) is 0 Å². The molecule has 0 aliphatic heterocycles. The second kappa shape index (κ2) is 4.89. The summed E-state index contributed by atoms with van der Waals surface area (Å²) >= 11 is 0. The lowest BCUT2D eigenvalue weighted by Crippen LogP contribution is -2.19. The Bertz CT molecular complexity index is 427. The topological polar surface area (TPSA) is 9.23 Å². The second-order valence-electron chi connectivity index (χ2n) is 4.91.